The zero-order chi connectivity index (χ0) is 22.2. The van der Waals surface area contributed by atoms with E-state index in [0.717, 1.165) is 5.56 Å². The van der Waals surface area contributed by atoms with Crippen molar-refractivity contribution in [3.63, 3.8) is 0 Å². The summed E-state index contributed by atoms with van der Waals surface area (Å²) in [5.74, 6) is 1.13. The normalized spacial score (nSPS) is 12.2. The molecule has 0 bridgehead atoms. The second-order valence-electron chi connectivity index (χ2n) is 6.52. The van der Waals surface area contributed by atoms with Crippen LogP contribution in [0.3, 0.4) is 0 Å². The van der Waals surface area contributed by atoms with E-state index < -0.39 is 6.61 Å². The van der Waals surface area contributed by atoms with Gasteiger partial charge in [-0.05, 0) is 30.7 Å². The van der Waals surface area contributed by atoms with Gasteiger partial charge in [0.05, 0.1) is 6.54 Å². The Balaban J connectivity index is 0.00000363. The van der Waals surface area contributed by atoms with Crippen molar-refractivity contribution in [1.82, 2.24) is 16.0 Å². The Hall–Kier alpha value is -2.83. The molecule has 0 fully saturated rings. The third kappa shape index (κ3) is 6.84. The molecule has 1 amide bonds. The number of alkyl halides is 2. The number of guanidine groups is 1. The zero-order valence-electron chi connectivity index (χ0n) is 17.6. The van der Waals surface area contributed by atoms with Crippen LogP contribution in [0.5, 0.6) is 17.2 Å². The van der Waals surface area contributed by atoms with E-state index in [1.165, 1.54) is 6.07 Å². The Morgan fingerprint density at radius 2 is 1.94 bits per heavy atom. The average Bonchev–Trinajstić information content (AvgIpc) is 3.22. The van der Waals surface area contributed by atoms with Crippen molar-refractivity contribution in [3.05, 3.63) is 53.1 Å². The predicted molar refractivity (Wildman–Crippen MR) is 126 cm³/mol. The molecule has 0 saturated carbocycles. The highest BCUT2D eigenvalue weighted by atomic mass is 127. The maximum atomic E-state index is 12.8. The molecule has 0 spiro atoms. The van der Waals surface area contributed by atoms with E-state index in [1.807, 2.05) is 13.0 Å². The molecule has 0 aliphatic carbocycles. The molecular weight excluding hydrogens is 537 g/mol. The third-order valence-corrected chi connectivity index (χ3v) is 4.40. The fourth-order valence-electron chi connectivity index (χ4n) is 2.96. The van der Waals surface area contributed by atoms with E-state index in [4.69, 9.17) is 9.47 Å². The molecular formula is C21H25F2IN4O4. The molecule has 0 saturated heterocycles. The van der Waals surface area contributed by atoms with E-state index in [2.05, 4.69) is 25.7 Å². The fourth-order valence-corrected chi connectivity index (χ4v) is 2.96. The van der Waals surface area contributed by atoms with Crippen LogP contribution in [0.4, 0.5) is 8.78 Å². The lowest BCUT2D eigenvalue weighted by Crippen LogP contribution is -2.36. The number of fused-ring (bicyclic) bond motifs is 1. The highest BCUT2D eigenvalue weighted by molar-refractivity contribution is 14.0. The summed E-state index contributed by atoms with van der Waals surface area (Å²) in [6.07, 6.45) is 0. The topological polar surface area (TPSA) is 93.2 Å². The van der Waals surface area contributed by atoms with Crippen LogP contribution in [0.2, 0.25) is 0 Å². The first kappa shape index (κ1) is 25.4. The molecule has 0 atom stereocenters. The van der Waals surface area contributed by atoms with Gasteiger partial charge in [-0.3, -0.25) is 4.79 Å². The Labute approximate surface area is 201 Å². The minimum atomic E-state index is -2.96. The molecule has 0 aromatic heterocycles. The summed E-state index contributed by atoms with van der Waals surface area (Å²) in [7, 11) is 1.57. The number of halogens is 3. The predicted octanol–water partition coefficient (Wildman–Crippen LogP) is 3.25. The van der Waals surface area contributed by atoms with Gasteiger partial charge in [0.15, 0.2) is 17.5 Å². The number of aliphatic imine (C=N–C) groups is 1. The van der Waals surface area contributed by atoms with Gasteiger partial charge in [0.25, 0.3) is 5.91 Å². The molecule has 32 heavy (non-hydrogen) atoms. The molecule has 0 unspecified atom stereocenters. The molecule has 2 aromatic rings. The SMILES string of the molecule is CCNC(=NCc1cccc(C(=O)NC)c1)NCc1cc2c(cc1OC(F)F)OCO2.I. The van der Waals surface area contributed by atoms with Crippen LogP contribution in [-0.4, -0.2) is 38.9 Å². The minimum Gasteiger partial charge on any atom is -0.454 e. The van der Waals surface area contributed by atoms with Crippen LogP contribution in [-0.2, 0) is 13.1 Å². The molecule has 1 heterocycles. The molecule has 174 valence electrons. The largest absolute Gasteiger partial charge is 0.454 e. The summed E-state index contributed by atoms with van der Waals surface area (Å²) in [6.45, 7) is 0.0685. The number of benzene rings is 2. The second kappa shape index (κ2) is 12.3. The van der Waals surface area contributed by atoms with Gasteiger partial charge in [0.2, 0.25) is 6.79 Å². The molecule has 0 radical (unpaired) electrons. The number of nitrogens with zero attached hydrogens (tertiary/aromatic N) is 1. The molecule has 3 N–H and O–H groups in total. The summed E-state index contributed by atoms with van der Waals surface area (Å²) < 4.78 is 40.8. The van der Waals surface area contributed by atoms with E-state index in [-0.39, 0.29) is 49.0 Å². The van der Waals surface area contributed by atoms with Crippen molar-refractivity contribution >= 4 is 35.8 Å². The smallest absolute Gasteiger partial charge is 0.387 e. The van der Waals surface area contributed by atoms with Crippen molar-refractivity contribution in [1.29, 1.82) is 0 Å². The standard InChI is InChI=1S/C21H24F2N4O4.HI/c1-3-25-21(26-10-13-5-4-6-14(7-13)19(28)24-2)27-11-15-8-17-18(30-12-29-17)9-16(15)31-20(22)23;/h4-9,20H,3,10-12H2,1-2H3,(H,24,28)(H2,25,26,27);1H. The van der Waals surface area contributed by atoms with Crippen molar-refractivity contribution < 1.29 is 27.8 Å². The number of amides is 1. The zero-order valence-corrected chi connectivity index (χ0v) is 19.9. The second-order valence-corrected chi connectivity index (χ2v) is 6.52. The Morgan fingerprint density at radius 1 is 1.19 bits per heavy atom. The summed E-state index contributed by atoms with van der Waals surface area (Å²) in [5.41, 5.74) is 1.86. The highest BCUT2D eigenvalue weighted by Gasteiger charge is 2.20. The van der Waals surface area contributed by atoms with Gasteiger partial charge in [0, 0.05) is 37.3 Å². The monoisotopic (exact) mass is 562 g/mol. The first-order valence-electron chi connectivity index (χ1n) is 9.70. The van der Waals surface area contributed by atoms with Gasteiger partial charge < -0.3 is 30.2 Å². The molecule has 11 heteroatoms. The van der Waals surface area contributed by atoms with Crippen LogP contribution in [0.25, 0.3) is 0 Å². The lowest BCUT2D eigenvalue weighted by Gasteiger charge is -2.15. The van der Waals surface area contributed by atoms with Crippen molar-refractivity contribution in [2.24, 2.45) is 4.99 Å². The summed E-state index contributed by atoms with van der Waals surface area (Å²) in [6, 6.07) is 10.1. The summed E-state index contributed by atoms with van der Waals surface area (Å²) >= 11 is 0. The summed E-state index contributed by atoms with van der Waals surface area (Å²) in [4.78, 5) is 16.3. The number of ether oxygens (including phenoxy) is 3. The van der Waals surface area contributed by atoms with Gasteiger partial charge in [-0.15, -0.1) is 24.0 Å². The number of rotatable bonds is 8. The van der Waals surface area contributed by atoms with E-state index >= 15 is 0 Å². The number of nitrogens with one attached hydrogen (secondary N) is 3. The maximum Gasteiger partial charge on any atom is 0.387 e. The van der Waals surface area contributed by atoms with Gasteiger partial charge in [-0.1, -0.05) is 12.1 Å². The van der Waals surface area contributed by atoms with Crippen LogP contribution >= 0.6 is 24.0 Å². The maximum absolute atomic E-state index is 12.8. The third-order valence-electron chi connectivity index (χ3n) is 4.40. The Kier molecular flexibility index (Phi) is 9.75. The molecule has 3 rings (SSSR count). The first-order chi connectivity index (χ1) is 15.0. The van der Waals surface area contributed by atoms with Crippen molar-refractivity contribution in [2.75, 3.05) is 20.4 Å². The molecule has 1 aliphatic rings. The van der Waals surface area contributed by atoms with E-state index in [1.54, 1.807) is 31.3 Å². The lowest BCUT2D eigenvalue weighted by molar-refractivity contribution is -0.0505. The van der Waals surface area contributed by atoms with Crippen LogP contribution in [0.15, 0.2) is 41.4 Å². The number of carbonyl (C=O) groups is 1. The average molecular weight is 562 g/mol. The number of hydrogen-bond acceptors (Lipinski definition) is 5. The first-order valence-corrected chi connectivity index (χ1v) is 9.70. The lowest BCUT2D eigenvalue weighted by atomic mass is 10.1. The molecule has 2 aromatic carbocycles. The van der Waals surface area contributed by atoms with Crippen LogP contribution < -0.4 is 30.2 Å². The van der Waals surface area contributed by atoms with Crippen molar-refractivity contribution in [2.45, 2.75) is 26.6 Å². The minimum absolute atomic E-state index is 0. The fraction of sp³-hybridized carbons (Fsp3) is 0.333. The van der Waals surface area contributed by atoms with E-state index in [9.17, 15) is 13.6 Å². The Bertz CT molecular complexity index is 959. The Morgan fingerprint density at radius 3 is 2.62 bits per heavy atom. The number of carbonyl (C=O) groups excluding carboxylic acids is 1. The quantitative estimate of drug-likeness (QED) is 0.260. The van der Waals surface area contributed by atoms with Crippen LogP contribution in [0.1, 0.15) is 28.4 Å². The van der Waals surface area contributed by atoms with E-state index in [0.29, 0.717) is 41.7 Å². The summed E-state index contributed by atoms with van der Waals surface area (Å²) in [5, 5.41) is 8.78. The van der Waals surface area contributed by atoms with Gasteiger partial charge in [0.1, 0.15) is 5.75 Å². The number of hydrogen-bond donors (Lipinski definition) is 3. The highest BCUT2D eigenvalue weighted by Crippen LogP contribution is 2.38. The molecule has 8 nitrogen and oxygen atoms in total. The molecule has 1 aliphatic heterocycles. The van der Waals surface area contributed by atoms with Gasteiger partial charge in [-0.2, -0.15) is 8.78 Å². The van der Waals surface area contributed by atoms with Gasteiger partial charge in [-0.25, -0.2) is 4.99 Å². The van der Waals surface area contributed by atoms with Gasteiger partial charge >= 0.3 is 6.61 Å². The van der Waals surface area contributed by atoms with Crippen LogP contribution in [0, 0.1) is 0 Å². The van der Waals surface area contributed by atoms with Crippen molar-refractivity contribution in [3.8, 4) is 17.2 Å².